The molecular formula is C23H31N3O2. The van der Waals surface area contributed by atoms with Crippen molar-refractivity contribution in [1.82, 2.24) is 15.0 Å². The number of likely N-dealkylation sites (tertiary alicyclic amines) is 2. The van der Waals surface area contributed by atoms with Crippen LogP contribution < -0.4 is 0 Å². The molecule has 4 rings (SSSR count). The van der Waals surface area contributed by atoms with Gasteiger partial charge in [-0.05, 0) is 63.6 Å². The molecular weight excluding hydrogens is 350 g/mol. The Kier molecular flexibility index (Phi) is 5.54. The maximum atomic E-state index is 12.6. The summed E-state index contributed by atoms with van der Waals surface area (Å²) >= 11 is 0. The maximum Gasteiger partial charge on any atom is 0.223 e. The molecule has 3 heterocycles. The Balaban J connectivity index is 1.27. The molecule has 0 aliphatic carbocycles. The highest BCUT2D eigenvalue weighted by Crippen LogP contribution is 2.41. The second-order valence-electron chi connectivity index (χ2n) is 8.66. The molecule has 2 aliphatic rings. The smallest absolute Gasteiger partial charge is 0.223 e. The minimum absolute atomic E-state index is 0.194. The molecule has 2 saturated heterocycles. The summed E-state index contributed by atoms with van der Waals surface area (Å²) in [7, 11) is 0. The predicted molar refractivity (Wildman–Crippen MR) is 109 cm³/mol. The van der Waals surface area contributed by atoms with Gasteiger partial charge in [-0.25, -0.2) is 0 Å². The lowest BCUT2D eigenvalue weighted by molar-refractivity contribution is -0.127. The largest absolute Gasteiger partial charge is 0.361 e. The first-order valence-electron chi connectivity index (χ1n) is 10.5. The van der Waals surface area contributed by atoms with Gasteiger partial charge in [0.05, 0.1) is 5.69 Å². The highest BCUT2D eigenvalue weighted by atomic mass is 16.5. The van der Waals surface area contributed by atoms with Gasteiger partial charge in [0, 0.05) is 31.6 Å². The lowest BCUT2D eigenvalue weighted by atomic mass is 9.77. The Bertz CT molecular complexity index is 787. The van der Waals surface area contributed by atoms with Crippen LogP contribution in [0.1, 0.15) is 48.3 Å². The third kappa shape index (κ3) is 4.14. The number of nitrogens with zero attached hydrogens (tertiary/aromatic N) is 3. The zero-order valence-electron chi connectivity index (χ0n) is 17.1. The van der Waals surface area contributed by atoms with Gasteiger partial charge in [0.1, 0.15) is 5.76 Å². The van der Waals surface area contributed by atoms with E-state index in [1.165, 1.54) is 11.1 Å². The minimum Gasteiger partial charge on any atom is -0.361 e. The number of amides is 1. The molecule has 1 aromatic heterocycles. The number of hydrogen-bond donors (Lipinski definition) is 0. The first-order valence-corrected chi connectivity index (χ1v) is 10.5. The van der Waals surface area contributed by atoms with Crippen molar-refractivity contribution in [2.45, 2.75) is 52.5 Å². The van der Waals surface area contributed by atoms with Gasteiger partial charge < -0.3 is 9.42 Å². The Morgan fingerprint density at radius 1 is 1.14 bits per heavy atom. The molecule has 2 aromatic rings. The van der Waals surface area contributed by atoms with Gasteiger partial charge in [-0.3, -0.25) is 9.69 Å². The highest BCUT2D eigenvalue weighted by molar-refractivity contribution is 5.79. The second-order valence-corrected chi connectivity index (χ2v) is 8.66. The van der Waals surface area contributed by atoms with Gasteiger partial charge in [-0.1, -0.05) is 35.5 Å². The summed E-state index contributed by atoms with van der Waals surface area (Å²) in [4.78, 5) is 17.2. The van der Waals surface area contributed by atoms with Crippen molar-refractivity contribution < 1.29 is 9.32 Å². The topological polar surface area (TPSA) is 49.6 Å². The van der Waals surface area contributed by atoms with Gasteiger partial charge in [0.25, 0.3) is 0 Å². The predicted octanol–water partition coefficient (Wildman–Crippen LogP) is 3.74. The van der Waals surface area contributed by atoms with Crippen LogP contribution in [-0.4, -0.2) is 47.0 Å². The maximum absolute atomic E-state index is 12.6. The summed E-state index contributed by atoms with van der Waals surface area (Å²) in [5.74, 6) is 1.28. The lowest BCUT2D eigenvalue weighted by Crippen LogP contribution is -2.41. The minimum atomic E-state index is 0.194. The summed E-state index contributed by atoms with van der Waals surface area (Å²) < 4.78 is 5.30. The number of hydrogen-bond acceptors (Lipinski definition) is 4. The highest BCUT2D eigenvalue weighted by Gasteiger charge is 2.44. The van der Waals surface area contributed by atoms with E-state index >= 15 is 0 Å². The summed E-state index contributed by atoms with van der Waals surface area (Å²) in [6, 6.07) is 10.6. The number of rotatable bonds is 6. The Labute approximate surface area is 167 Å². The number of piperidine rings is 1. The number of carbonyl (C=O) groups is 1. The van der Waals surface area contributed by atoms with Crippen molar-refractivity contribution in [3.8, 4) is 0 Å². The van der Waals surface area contributed by atoms with Crippen LogP contribution in [0.25, 0.3) is 0 Å². The van der Waals surface area contributed by atoms with Crippen LogP contribution in [0.3, 0.4) is 0 Å². The van der Waals surface area contributed by atoms with E-state index in [2.05, 4.69) is 45.3 Å². The molecule has 5 heteroatoms. The van der Waals surface area contributed by atoms with Gasteiger partial charge in [0.2, 0.25) is 5.91 Å². The van der Waals surface area contributed by atoms with Crippen LogP contribution in [0.15, 0.2) is 34.9 Å². The molecule has 0 saturated carbocycles. The van der Waals surface area contributed by atoms with E-state index in [0.29, 0.717) is 5.91 Å². The molecule has 1 amide bonds. The van der Waals surface area contributed by atoms with Gasteiger partial charge >= 0.3 is 0 Å². The lowest BCUT2D eigenvalue weighted by Gasteiger charge is -2.38. The number of carbonyl (C=O) groups excluding carboxylic acids is 1. The molecule has 5 nitrogen and oxygen atoms in total. The summed E-state index contributed by atoms with van der Waals surface area (Å²) in [5.41, 5.74) is 3.77. The Morgan fingerprint density at radius 2 is 1.89 bits per heavy atom. The second kappa shape index (κ2) is 8.08. The first-order chi connectivity index (χ1) is 13.5. The fourth-order valence-corrected chi connectivity index (χ4v) is 4.78. The van der Waals surface area contributed by atoms with Crippen molar-refractivity contribution in [1.29, 1.82) is 0 Å². The van der Waals surface area contributed by atoms with Gasteiger partial charge in [0.15, 0.2) is 0 Å². The van der Waals surface area contributed by atoms with Crippen LogP contribution in [0, 0.1) is 19.3 Å². The van der Waals surface area contributed by atoms with Crippen molar-refractivity contribution >= 4 is 5.91 Å². The molecule has 2 aliphatic heterocycles. The van der Waals surface area contributed by atoms with E-state index in [1.54, 1.807) is 0 Å². The molecule has 0 N–H and O–H groups in total. The zero-order valence-corrected chi connectivity index (χ0v) is 17.1. The average Bonchev–Trinajstić information content (AvgIpc) is 3.18. The first kappa shape index (κ1) is 19.2. The molecule has 28 heavy (non-hydrogen) atoms. The number of aryl methyl sites for hydroxylation is 3. The van der Waals surface area contributed by atoms with E-state index in [-0.39, 0.29) is 5.41 Å². The Morgan fingerprint density at radius 3 is 2.57 bits per heavy atom. The van der Waals surface area contributed by atoms with Crippen molar-refractivity contribution in [2.75, 3.05) is 26.2 Å². The molecule has 2 fully saturated rings. The van der Waals surface area contributed by atoms with Crippen LogP contribution in [0.4, 0.5) is 0 Å². The quantitative estimate of drug-likeness (QED) is 0.765. The van der Waals surface area contributed by atoms with Crippen LogP contribution in [0.5, 0.6) is 0 Å². The third-order valence-corrected chi connectivity index (χ3v) is 6.62. The molecule has 0 radical (unpaired) electrons. The summed E-state index contributed by atoms with van der Waals surface area (Å²) in [6.45, 7) is 8.85. The van der Waals surface area contributed by atoms with E-state index in [4.69, 9.17) is 4.52 Å². The van der Waals surface area contributed by atoms with E-state index in [0.717, 1.165) is 76.3 Å². The fraction of sp³-hybridized carbons (Fsp3) is 0.565. The zero-order chi connectivity index (χ0) is 19.6. The SMILES string of the molecule is Cc1noc(C)c1CN1CCC2(CC1)CC(=O)N(CCCc1ccccc1)C2. The molecule has 0 bridgehead atoms. The standard InChI is InChI=1S/C23H31N3O2/c1-18-21(19(2)28-24-18)16-25-13-10-23(11-14-25)15-22(27)26(17-23)12-6-9-20-7-4-3-5-8-20/h3-5,7-8H,6,9-17H2,1-2H3. The molecule has 1 spiro atoms. The third-order valence-electron chi connectivity index (χ3n) is 6.62. The molecule has 1 aromatic carbocycles. The summed E-state index contributed by atoms with van der Waals surface area (Å²) in [6.07, 6.45) is 5.04. The molecule has 150 valence electrons. The molecule has 0 unspecified atom stereocenters. The molecule has 0 atom stereocenters. The van der Waals surface area contributed by atoms with E-state index < -0.39 is 0 Å². The normalized spacial score (nSPS) is 19.6. The van der Waals surface area contributed by atoms with Crippen molar-refractivity contribution in [3.63, 3.8) is 0 Å². The van der Waals surface area contributed by atoms with Crippen molar-refractivity contribution in [3.05, 3.63) is 52.9 Å². The van der Waals surface area contributed by atoms with Crippen LogP contribution >= 0.6 is 0 Å². The Hall–Kier alpha value is -2.14. The van der Waals surface area contributed by atoms with Crippen LogP contribution in [0.2, 0.25) is 0 Å². The average molecular weight is 382 g/mol. The fourth-order valence-electron chi connectivity index (χ4n) is 4.78. The number of benzene rings is 1. The van der Waals surface area contributed by atoms with Crippen molar-refractivity contribution in [2.24, 2.45) is 5.41 Å². The van der Waals surface area contributed by atoms with Crippen LogP contribution in [-0.2, 0) is 17.8 Å². The van der Waals surface area contributed by atoms with E-state index in [1.807, 2.05) is 13.8 Å². The van der Waals surface area contributed by atoms with Gasteiger partial charge in [-0.2, -0.15) is 0 Å². The number of aromatic nitrogens is 1. The monoisotopic (exact) mass is 381 g/mol. The summed E-state index contributed by atoms with van der Waals surface area (Å²) in [5, 5.41) is 4.07. The van der Waals surface area contributed by atoms with Gasteiger partial charge in [-0.15, -0.1) is 0 Å². The van der Waals surface area contributed by atoms with E-state index in [9.17, 15) is 4.79 Å².